The van der Waals surface area contributed by atoms with Gasteiger partial charge in [-0.2, -0.15) is 5.10 Å². The number of methoxy groups -OCH3 is 2. The minimum atomic E-state index is -0.262. The summed E-state index contributed by atoms with van der Waals surface area (Å²) in [6.45, 7) is 3.87. The zero-order chi connectivity index (χ0) is 19.4. The molecule has 0 radical (unpaired) electrons. The predicted molar refractivity (Wildman–Crippen MR) is 101 cm³/mol. The van der Waals surface area contributed by atoms with E-state index >= 15 is 0 Å². The summed E-state index contributed by atoms with van der Waals surface area (Å²) in [4.78, 5) is 12.6. The van der Waals surface area contributed by atoms with Crippen molar-refractivity contribution in [3.63, 3.8) is 0 Å². The molecule has 7 heteroatoms. The van der Waals surface area contributed by atoms with Gasteiger partial charge in [0.15, 0.2) is 23.0 Å². The normalized spacial score (nSPS) is 11.9. The van der Waals surface area contributed by atoms with Crippen LogP contribution in [0.3, 0.4) is 0 Å². The first-order chi connectivity index (χ1) is 13.0. The lowest BCUT2D eigenvalue weighted by molar-refractivity contribution is 0.0930. The second kappa shape index (κ2) is 7.99. The molecule has 0 unspecified atom stereocenters. The third kappa shape index (κ3) is 3.97. The summed E-state index contributed by atoms with van der Waals surface area (Å²) in [6.07, 6.45) is 0.718. The number of aryl methyl sites for hydroxylation is 1. The van der Waals surface area contributed by atoms with Gasteiger partial charge in [0.05, 0.1) is 20.3 Å². The van der Waals surface area contributed by atoms with E-state index in [4.69, 9.17) is 13.9 Å². The SMILES string of the molecule is CC[C@@H](NC(=O)c1cc(-c2ccc(C)o2)[nH]n1)c1ccc(OC)c(OC)c1. The lowest BCUT2D eigenvalue weighted by Crippen LogP contribution is -2.28. The number of nitrogens with zero attached hydrogens (tertiary/aromatic N) is 1. The van der Waals surface area contributed by atoms with Crippen LogP contribution in [0.15, 0.2) is 40.8 Å². The van der Waals surface area contributed by atoms with Gasteiger partial charge < -0.3 is 19.2 Å². The zero-order valence-corrected chi connectivity index (χ0v) is 15.8. The van der Waals surface area contributed by atoms with Crippen LogP contribution in [-0.4, -0.2) is 30.3 Å². The lowest BCUT2D eigenvalue weighted by Gasteiger charge is -2.18. The van der Waals surface area contributed by atoms with Crippen LogP contribution in [0, 0.1) is 6.92 Å². The monoisotopic (exact) mass is 369 g/mol. The molecule has 7 nitrogen and oxygen atoms in total. The number of ether oxygens (including phenoxy) is 2. The van der Waals surface area contributed by atoms with Crippen LogP contribution >= 0.6 is 0 Å². The molecule has 1 aromatic carbocycles. The van der Waals surface area contributed by atoms with E-state index in [-0.39, 0.29) is 11.9 Å². The molecular formula is C20H23N3O4. The number of hydrogen-bond acceptors (Lipinski definition) is 5. The molecule has 1 amide bonds. The molecular weight excluding hydrogens is 346 g/mol. The van der Waals surface area contributed by atoms with E-state index in [0.717, 1.165) is 17.7 Å². The highest BCUT2D eigenvalue weighted by Gasteiger charge is 2.19. The van der Waals surface area contributed by atoms with Crippen LogP contribution in [0.4, 0.5) is 0 Å². The number of aromatic amines is 1. The Morgan fingerprint density at radius 1 is 1.19 bits per heavy atom. The van der Waals surface area contributed by atoms with Gasteiger partial charge in [-0.15, -0.1) is 0 Å². The van der Waals surface area contributed by atoms with Gasteiger partial charge in [0.25, 0.3) is 5.91 Å². The minimum absolute atomic E-state index is 0.177. The smallest absolute Gasteiger partial charge is 0.272 e. The summed E-state index contributed by atoms with van der Waals surface area (Å²) in [5.41, 5.74) is 1.89. The van der Waals surface area contributed by atoms with Gasteiger partial charge in [0.2, 0.25) is 0 Å². The lowest BCUT2D eigenvalue weighted by atomic mass is 10.0. The maximum absolute atomic E-state index is 12.6. The Morgan fingerprint density at radius 3 is 2.59 bits per heavy atom. The number of aromatic nitrogens is 2. The van der Waals surface area contributed by atoms with Crippen LogP contribution in [0.5, 0.6) is 11.5 Å². The molecule has 0 saturated carbocycles. The summed E-state index contributed by atoms with van der Waals surface area (Å²) in [7, 11) is 3.18. The first-order valence-electron chi connectivity index (χ1n) is 8.70. The average Bonchev–Trinajstić information content (AvgIpc) is 3.34. The number of amides is 1. The molecule has 2 N–H and O–H groups in total. The number of furan rings is 1. The summed E-state index contributed by atoms with van der Waals surface area (Å²) in [6, 6.07) is 10.8. The topological polar surface area (TPSA) is 89.4 Å². The Bertz CT molecular complexity index is 929. The van der Waals surface area contributed by atoms with Crippen molar-refractivity contribution in [2.45, 2.75) is 26.3 Å². The standard InChI is InChI=1S/C20H23N3O4/c1-5-14(13-7-9-18(25-3)19(10-13)26-4)21-20(24)16-11-15(22-23-16)17-8-6-12(2)27-17/h6-11,14H,5H2,1-4H3,(H,21,24)(H,22,23)/t14-/m1/s1. The number of carbonyl (C=O) groups excluding carboxylic acids is 1. The fourth-order valence-electron chi connectivity index (χ4n) is 2.87. The molecule has 27 heavy (non-hydrogen) atoms. The maximum atomic E-state index is 12.6. The second-order valence-electron chi connectivity index (χ2n) is 6.13. The zero-order valence-electron chi connectivity index (χ0n) is 15.8. The Hall–Kier alpha value is -3.22. The van der Waals surface area contributed by atoms with E-state index in [1.807, 2.05) is 44.2 Å². The van der Waals surface area contributed by atoms with E-state index in [1.54, 1.807) is 20.3 Å². The van der Waals surface area contributed by atoms with Crippen molar-refractivity contribution in [3.05, 3.63) is 53.4 Å². The Morgan fingerprint density at radius 2 is 1.96 bits per heavy atom. The number of hydrogen-bond donors (Lipinski definition) is 2. The molecule has 2 heterocycles. The number of H-pyrrole nitrogens is 1. The maximum Gasteiger partial charge on any atom is 0.272 e. The molecule has 0 fully saturated rings. The fraction of sp³-hybridized carbons (Fsp3) is 0.300. The van der Waals surface area contributed by atoms with Crippen LogP contribution in [-0.2, 0) is 0 Å². The van der Waals surface area contributed by atoms with Crippen molar-refractivity contribution >= 4 is 5.91 Å². The van der Waals surface area contributed by atoms with E-state index in [0.29, 0.717) is 28.6 Å². The highest BCUT2D eigenvalue weighted by molar-refractivity contribution is 5.93. The molecule has 3 aromatic rings. The summed E-state index contributed by atoms with van der Waals surface area (Å²) < 4.78 is 16.2. The summed E-state index contributed by atoms with van der Waals surface area (Å²) in [5, 5.41) is 9.95. The van der Waals surface area contributed by atoms with Gasteiger partial charge in [-0.05, 0) is 43.2 Å². The predicted octanol–water partition coefficient (Wildman–Crippen LogP) is 3.88. The number of nitrogens with one attached hydrogen (secondary N) is 2. The summed E-state index contributed by atoms with van der Waals surface area (Å²) in [5.74, 6) is 2.45. The van der Waals surface area contributed by atoms with Gasteiger partial charge >= 0.3 is 0 Å². The Balaban J connectivity index is 1.77. The van der Waals surface area contributed by atoms with Gasteiger partial charge in [-0.1, -0.05) is 13.0 Å². The molecule has 2 aromatic heterocycles. The molecule has 3 rings (SSSR count). The molecule has 0 spiro atoms. The van der Waals surface area contributed by atoms with Crippen molar-refractivity contribution in [1.82, 2.24) is 15.5 Å². The van der Waals surface area contributed by atoms with Crippen LogP contribution in [0.2, 0.25) is 0 Å². The highest BCUT2D eigenvalue weighted by Crippen LogP contribution is 2.31. The first kappa shape index (κ1) is 18.6. The molecule has 0 aliphatic heterocycles. The van der Waals surface area contributed by atoms with Gasteiger partial charge in [0.1, 0.15) is 11.5 Å². The third-order valence-electron chi connectivity index (χ3n) is 4.34. The molecule has 0 bridgehead atoms. The van der Waals surface area contributed by atoms with E-state index in [2.05, 4.69) is 15.5 Å². The van der Waals surface area contributed by atoms with Crippen LogP contribution in [0.1, 0.15) is 41.2 Å². The fourth-order valence-corrected chi connectivity index (χ4v) is 2.87. The van der Waals surface area contributed by atoms with Crippen LogP contribution < -0.4 is 14.8 Å². The highest BCUT2D eigenvalue weighted by atomic mass is 16.5. The van der Waals surface area contributed by atoms with E-state index in [1.165, 1.54) is 0 Å². The minimum Gasteiger partial charge on any atom is -0.493 e. The molecule has 1 atom stereocenters. The third-order valence-corrected chi connectivity index (χ3v) is 4.34. The largest absolute Gasteiger partial charge is 0.493 e. The van der Waals surface area contributed by atoms with Gasteiger partial charge in [-0.25, -0.2) is 0 Å². The first-order valence-corrected chi connectivity index (χ1v) is 8.70. The molecule has 0 aliphatic carbocycles. The van der Waals surface area contributed by atoms with Crippen molar-refractivity contribution in [3.8, 4) is 23.0 Å². The van der Waals surface area contributed by atoms with Crippen molar-refractivity contribution in [2.75, 3.05) is 14.2 Å². The Labute approximate surface area is 157 Å². The van der Waals surface area contributed by atoms with Crippen molar-refractivity contribution in [2.24, 2.45) is 0 Å². The average molecular weight is 369 g/mol. The van der Waals surface area contributed by atoms with E-state index < -0.39 is 0 Å². The number of carbonyl (C=O) groups is 1. The molecule has 0 saturated heterocycles. The van der Waals surface area contributed by atoms with Gasteiger partial charge in [0, 0.05) is 6.07 Å². The quantitative estimate of drug-likeness (QED) is 0.660. The summed E-state index contributed by atoms with van der Waals surface area (Å²) >= 11 is 0. The number of benzene rings is 1. The molecule has 142 valence electrons. The molecule has 0 aliphatic rings. The Kier molecular flexibility index (Phi) is 5.49. The second-order valence-corrected chi connectivity index (χ2v) is 6.13. The van der Waals surface area contributed by atoms with Crippen molar-refractivity contribution < 1.29 is 18.7 Å². The van der Waals surface area contributed by atoms with Crippen molar-refractivity contribution in [1.29, 1.82) is 0 Å². The van der Waals surface area contributed by atoms with Crippen LogP contribution in [0.25, 0.3) is 11.5 Å². The van der Waals surface area contributed by atoms with E-state index in [9.17, 15) is 4.79 Å². The van der Waals surface area contributed by atoms with Gasteiger partial charge in [-0.3, -0.25) is 9.89 Å². The number of rotatable bonds is 7.